The lowest BCUT2D eigenvalue weighted by molar-refractivity contribution is -0.385. The number of nitro benzene ring substituents is 1. The molecule has 0 bridgehead atoms. The van der Waals surface area contributed by atoms with Crippen molar-refractivity contribution in [3.8, 4) is 23.1 Å². The van der Waals surface area contributed by atoms with Crippen LogP contribution in [0.3, 0.4) is 0 Å². The van der Waals surface area contributed by atoms with Crippen LogP contribution in [0, 0.1) is 10.1 Å². The molecule has 10 nitrogen and oxygen atoms in total. The highest BCUT2D eigenvalue weighted by atomic mass is 79.9. The van der Waals surface area contributed by atoms with Gasteiger partial charge in [-0.25, -0.2) is 4.98 Å². The van der Waals surface area contributed by atoms with Crippen molar-refractivity contribution in [2.75, 3.05) is 7.11 Å². The first-order valence-electron chi connectivity index (χ1n) is 10.2. The first kappa shape index (κ1) is 22.3. The Bertz CT molecular complexity index is 1720. The van der Waals surface area contributed by atoms with Crippen molar-refractivity contribution in [2.45, 2.75) is 0 Å². The van der Waals surface area contributed by atoms with Crippen molar-refractivity contribution in [2.24, 2.45) is 5.10 Å². The van der Waals surface area contributed by atoms with Gasteiger partial charge in [0.2, 0.25) is 11.6 Å². The highest BCUT2D eigenvalue weighted by Gasteiger charge is 2.20. The monoisotopic (exact) mass is 534 g/mol. The van der Waals surface area contributed by atoms with Crippen LogP contribution in [0.1, 0.15) is 5.56 Å². The lowest BCUT2D eigenvalue weighted by Crippen LogP contribution is -2.20. The van der Waals surface area contributed by atoms with Crippen LogP contribution in [0.2, 0.25) is 0 Å². The predicted octanol–water partition coefficient (Wildman–Crippen LogP) is 5.08. The minimum absolute atomic E-state index is 0.0309. The lowest BCUT2D eigenvalue weighted by Gasteiger charge is -2.07. The second-order valence-electron chi connectivity index (χ2n) is 7.42. The van der Waals surface area contributed by atoms with E-state index in [1.54, 1.807) is 55.6 Å². The van der Waals surface area contributed by atoms with Crippen LogP contribution in [-0.4, -0.2) is 33.0 Å². The minimum atomic E-state index is -0.714. The fourth-order valence-electron chi connectivity index (χ4n) is 3.68. The summed E-state index contributed by atoms with van der Waals surface area (Å²) in [5, 5.41) is 26.9. The molecule has 2 heterocycles. The molecule has 2 aromatic heterocycles. The molecule has 11 heteroatoms. The molecule has 1 N–H and O–H groups in total. The summed E-state index contributed by atoms with van der Waals surface area (Å²) in [6.07, 6.45) is 1.15. The Kier molecular flexibility index (Phi) is 5.53. The van der Waals surface area contributed by atoms with Crippen LogP contribution in [0.15, 0.2) is 79.4 Å². The molecule has 0 spiro atoms. The minimum Gasteiger partial charge on any atom is -0.502 e. The number of methoxy groups -OCH3 is 1. The quantitative estimate of drug-likeness (QED) is 0.189. The number of fused-ring (bicyclic) bond motifs is 2. The van der Waals surface area contributed by atoms with Crippen molar-refractivity contribution in [3.63, 3.8) is 0 Å². The van der Waals surface area contributed by atoms with Crippen LogP contribution >= 0.6 is 15.9 Å². The number of para-hydroxylation sites is 1. The van der Waals surface area contributed by atoms with E-state index < -0.39 is 21.9 Å². The molecule has 0 aliphatic heterocycles. The Labute approximate surface area is 205 Å². The van der Waals surface area contributed by atoms with Gasteiger partial charge in [0.05, 0.1) is 34.5 Å². The third-order valence-corrected chi connectivity index (χ3v) is 5.77. The van der Waals surface area contributed by atoms with Crippen molar-refractivity contribution in [1.82, 2.24) is 9.66 Å². The van der Waals surface area contributed by atoms with Crippen molar-refractivity contribution < 1.29 is 19.2 Å². The normalized spacial score (nSPS) is 11.5. The number of aromatic nitrogens is 2. The van der Waals surface area contributed by atoms with Crippen LogP contribution < -0.4 is 10.3 Å². The molecule has 3 aromatic carbocycles. The highest BCUT2D eigenvalue weighted by Crippen LogP contribution is 2.34. The fraction of sp³-hybridized carbons (Fsp3) is 0.0417. The van der Waals surface area contributed by atoms with Gasteiger partial charge in [-0.3, -0.25) is 14.9 Å². The molecule has 5 rings (SSSR count). The number of hydrogen-bond acceptors (Lipinski definition) is 8. The number of phenols is 1. The fourth-order valence-corrected chi connectivity index (χ4v) is 4.14. The number of phenolic OH excluding ortho intramolecular Hbond substituents is 1. The van der Waals surface area contributed by atoms with Crippen molar-refractivity contribution in [1.29, 1.82) is 0 Å². The van der Waals surface area contributed by atoms with Gasteiger partial charge in [-0.1, -0.05) is 34.1 Å². The van der Waals surface area contributed by atoms with Gasteiger partial charge < -0.3 is 14.3 Å². The van der Waals surface area contributed by atoms with E-state index in [0.717, 1.165) is 10.9 Å². The van der Waals surface area contributed by atoms with Crippen LogP contribution in [0.25, 0.3) is 33.5 Å². The van der Waals surface area contributed by atoms with E-state index in [1.807, 2.05) is 0 Å². The van der Waals surface area contributed by atoms with Crippen LogP contribution in [0.4, 0.5) is 5.69 Å². The van der Waals surface area contributed by atoms with Gasteiger partial charge in [-0.05, 0) is 36.4 Å². The zero-order chi connectivity index (χ0) is 24.7. The zero-order valence-electron chi connectivity index (χ0n) is 18.0. The van der Waals surface area contributed by atoms with E-state index in [-0.39, 0.29) is 17.1 Å². The van der Waals surface area contributed by atoms with E-state index in [4.69, 9.17) is 9.15 Å². The molecule has 5 aromatic rings. The van der Waals surface area contributed by atoms with Gasteiger partial charge >= 0.3 is 5.69 Å². The molecule has 0 fully saturated rings. The predicted molar refractivity (Wildman–Crippen MR) is 133 cm³/mol. The van der Waals surface area contributed by atoms with E-state index >= 15 is 0 Å². The summed E-state index contributed by atoms with van der Waals surface area (Å²) < 4.78 is 12.7. The number of ether oxygens (including phenoxy) is 1. The third kappa shape index (κ3) is 3.91. The Balaban J connectivity index is 1.75. The molecule has 0 saturated heterocycles. The summed E-state index contributed by atoms with van der Waals surface area (Å²) in [4.78, 5) is 28.5. The number of rotatable bonds is 5. The summed E-state index contributed by atoms with van der Waals surface area (Å²) in [5.74, 6) is 0.363. The summed E-state index contributed by atoms with van der Waals surface area (Å²) in [5.41, 5.74) is 0.000820. The number of benzene rings is 3. The molecule has 0 aliphatic carbocycles. The second kappa shape index (κ2) is 8.69. The lowest BCUT2D eigenvalue weighted by atomic mass is 10.2. The van der Waals surface area contributed by atoms with Gasteiger partial charge in [0, 0.05) is 16.1 Å². The average molecular weight is 535 g/mol. The van der Waals surface area contributed by atoms with E-state index in [1.165, 1.54) is 12.1 Å². The van der Waals surface area contributed by atoms with Crippen LogP contribution in [0.5, 0.6) is 11.5 Å². The Morgan fingerprint density at radius 3 is 2.74 bits per heavy atom. The standard InChI is InChI=1S/C24H15BrN4O6/c1-34-19-7-4-8-20-16(19)11-21(35-20)23-27-17-6-3-2-5-15(17)24(31)28(23)26-12-13-9-14(25)10-18(22(13)30)29(32)33/h2-12,30H,1H3. The Morgan fingerprint density at radius 2 is 1.97 bits per heavy atom. The molecule has 0 unspecified atom stereocenters. The maximum atomic E-state index is 13.4. The van der Waals surface area contributed by atoms with Gasteiger partial charge in [-0.2, -0.15) is 9.78 Å². The Hall–Kier alpha value is -4.51. The number of halogens is 1. The first-order chi connectivity index (χ1) is 16.9. The summed E-state index contributed by atoms with van der Waals surface area (Å²) in [6, 6.07) is 16.4. The molecule has 0 atom stereocenters. The zero-order valence-corrected chi connectivity index (χ0v) is 19.6. The topological polar surface area (TPSA) is 133 Å². The second-order valence-corrected chi connectivity index (χ2v) is 8.33. The number of aromatic hydroxyl groups is 1. The van der Waals surface area contributed by atoms with Crippen molar-refractivity contribution in [3.05, 3.63) is 91.2 Å². The van der Waals surface area contributed by atoms with E-state index in [0.29, 0.717) is 32.1 Å². The summed E-state index contributed by atoms with van der Waals surface area (Å²) >= 11 is 3.19. The third-order valence-electron chi connectivity index (χ3n) is 5.31. The molecular formula is C24H15BrN4O6. The Morgan fingerprint density at radius 1 is 1.17 bits per heavy atom. The molecule has 35 heavy (non-hydrogen) atoms. The molecule has 0 aliphatic rings. The molecular weight excluding hydrogens is 520 g/mol. The average Bonchev–Trinajstić information content (AvgIpc) is 3.29. The molecule has 0 amide bonds. The van der Waals surface area contributed by atoms with E-state index in [9.17, 15) is 20.0 Å². The van der Waals surface area contributed by atoms with Crippen molar-refractivity contribution >= 4 is 49.7 Å². The highest BCUT2D eigenvalue weighted by molar-refractivity contribution is 9.10. The number of nitrogens with zero attached hydrogens (tertiary/aromatic N) is 4. The van der Waals surface area contributed by atoms with Crippen LogP contribution in [-0.2, 0) is 0 Å². The maximum absolute atomic E-state index is 13.4. The number of furan rings is 1. The van der Waals surface area contributed by atoms with E-state index in [2.05, 4.69) is 26.0 Å². The first-order valence-corrected chi connectivity index (χ1v) is 11.0. The largest absolute Gasteiger partial charge is 0.502 e. The SMILES string of the molecule is COc1cccc2oc(-c3nc4ccccc4c(=O)n3N=Cc3cc(Br)cc([N+](=O)[O-])c3O)cc12. The number of hydrogen-bond donors (Lipinski definition) is 1. The smallest absolute Gasteiger partial charge is 0.312 e. The molecule has 0 radical (unpaired) electrons. The van der Waals surface area contributed by atoms with Gasteiger partial charge in [0.25, 0.3) is 5.56 Å². The number of nitro groups is 1. The summed E-state index contributed by atoms with van der Waals surface area (Å²) in [6.45, 7) is 0. The van der Waals surface area contributed by atoms with Gasteiger partial charge in [0.15, 0.2) is 5.76 Å². The van der Waals surface area contributed by atoms with Gasteiger partial charge in [-0.15, -0.1) is 0 Å². The maximum Gasteiger partial charge on any atom is 0.312 e. The molecule has 0 saturated carbocycles. The summed E-state index contributed by atoms with van der Waals surface area (Å²) in [7, 11) is 1.54. The van der Waals surface area contributed by atoms with Gasteiger partial charge in [0.1, 0.15) is 11.3 Å². The molecule has 174 valence electrons.